The van der Waals surface area contributed by atoms with Gasteiger partial charge in [0, 0.05) is 19.1 Å². The molecule has 1 aliphatic heterocycles. The molecular formula is C13H21FN4. The summed E-state index contributed by atoms with van der Waals surface area (Å²) < 4.78 is 14.0. The summed E-state index contributed by atoms with van der Waals surface area (Å²) in [5.41, 5.74) is 0.485. The Morgan fingerprint density at radius 2 is 2.06 bits per heavy atom. The molecule has 0 aliphatic carbocycles. The van der Waals surface area contributed by atoms with Crippen molar-refractivity contribution in [3.05, 3.63) is 17.8 Å². The number of anilines is 1. The maximum Gasteiger partial charge on any atom is 0.186 e. The molecule has 2 rings (SSSR count). The van der Waals surface area contributed by atoms with Crippen molar-refractivity contribution in [1.29, 1.82) is 0 Å². The number of piperidine rings is 1. The van der Waals surface area contributed by atoms with Gasteiger partial charge in [0.15, 0.2) is 11.6 Å². The molecule has 0 unspecified atom stereocenters. The normalized spacial score (nSPS) is 17.9. The highest BCUT2D eigenvalue weighted by molar-refractivity contribution is 5.38. The molecule has 1 aliphatic rings. The smallest absolute Gasteiger partial charge is 0.186 e. The second-order valence-corrected chi connectivity index (χ2v) is 4.69. The summed E-state index contributed by atoms with van der Waals surface area (Å²) in [7, 11) is 0. The van der Waals surface area contributed by atoms with E-state index in [-0.39, 0.29) is 5.82 Å². The molecule has 0 atom stereocenters. The minimum Gasteiger partial charge on any atom is -0.365 e. The molecule has 18 heavy (non-hydrogen) atoms. The highest BCUT2D eigenvalue weighted by atomic mass is 19.1. The molecule has 0 saturated carbocycles. The average molecular weight is 252 g/mol. The lowest BCUT2D eigenvalue weighted by Crippen LogP contribution is -2.39. The lowest BCUT2D eigenvalue weighted by atomic mass is 10.1. The lowest BCUT2D eigenvalue weighted by molar-refractivity contribution is 0.229. The highest BCUT2D eigenvalue weighted by Crippen LogP contribution is 2.18. The van der Waals surface area contributed by atoms with Crippen molar-refractivity contribution >= 4 is 5.82 Å². The number of nitrogens with zero attached hydrogens (tertiary/aromatic N) is 3. The van der Waals surface area contributed by atoms with Gasteiger partial charge in [-0.25, -0.2) is 14.4 Å². The van der Waals surface area contributed by atoms with Crippen molar-refractivity contribution in [2.75, 3.05) is 25.0 Å². The molecule has 1 fully saturated rings. The number of hydrogen-bond acceptors (Lipinski definition) is 4. The first-order chi connectivity index (χ1) is 8.74. The van der Waals surface area contributed by atoms with E-state index in [0.29, 0.717) is 24.0 Å². The van der Waals surface area contributed by atoms with E-state index >= 15 is 0 Å². The monoisotopic (exact) mass is 252 g/mol. The van der Waals surface area contributed by atoms with Gasteiger partial charge >= 0.3 is 0 Å². The van der Waals surface area contributed by atoms with Crippen LogP contribution < -0.4 is 5.32 Å². The Morgan fingerprint density at radius 3 is 2.67 bits per heavy atom. The zero-order chi connectivity index (χ0) is 13.0. The van der Waals surface area contributed by atoms with Crippen LogP contribution in [0.15, 0.2) is 6.33 Å². The largest absolute Gasteiger partial charge is 0.365 e. The summed E-state index contributed by atoms with van der Waals surface area (Å²) >= 11 is 0. The van der Waals surface area contributed by atoms with Crippen LogP contribution >= 0.6 is 0 Å². The quantitative estimate of drug-likeness (QED) is 0.890. The molecule has 2 heterocycles. The number of hydrogen-bond donors (Lipinski definition) is 1. The molecule has 1 N–H and O–H groups in total. The molecule has 0 radical (unpaired) electrons. The summed E-state index contributed by atoms with van der Waals surface area (Å²) in [6, 6.07) is 0.321. The molecule has 0 amide bonds. The van der Waals surface area contributed by atoms with Crippen LogP contribution in [-0.2, 0) is 6.42 Å². The summed E-state index contributed by atoms with van der Waals surface area (Å²) in [5, 5.41) is 3.22. The SMILES string of the molecule is CCc1ncnc(NC2CCN(CC)CC2)c1F. The van der Waals surface area contributed by atoms with Crippen LogP contribution in [0.3, 0.4) is 0 Å². The van der Waals surface area contributed by atoms with Crippen molar-refractivity contribution in [2.45, 2.75) is 39.2 Å². The molecule has 0 bridgehead atoms. The maximum absolute atomic E-state index is 14.0. The van der Waals surface area contributed by atoms with Gasteiger partial charge in [-0.3, -0.25) is 0 Å². The average Bonchev–Trinajstić information content (AvgIpc) is 2.42. The number of rotatable bonds is 4. The van der Waals surface area contributed by atoms with Crippen molar-refractivity contribution in [3.8, 4) is 0 Å². The van der Waals surface area contributed by atoms with E-state index in [4.69, 9.17) is 0 Å². The van der Waals surface area contributed by atoms with Crippen LogP contribution in [0.2, 0.25) is 0 Å². The van der Waals surface area contributed by atoms with Crippen LogP contribution in [0.4, 0.5) is 10.2 Å². The van der Waals surface area contributed by atoms with Gasteiger partial charge in [0.1, 0.15) is 6.33 Å². The number of aromatic nitrogens is 2. The standard InChI is InChI=1S/C13H21FN4/c1-3-11-12(14)13(16-9-15-11)17-10-5-7-18(4-2)8-6-10/h9-10H,3-8H2,1-2H3,(H,15,16,17). The molecule has 0 aromatic carbocycles. The Balaban J connectivity index is 1.98. The van der Waals surface area contributed by atoms with Crippen molar-refractivity contribution in [2.24, 2.45) is 0 Å². The number of likely N-dealkylation sites (tertiary alicyclic amines) is 1. The van der Waals surface area contributed by atoms with Crippen LogP contribution in [-0.4, -0.2) is 40.5 Å². The predicted molar refractivity (Wildman–Crippen MR) is 70.1 cm³/mol. The predicted octanol–water partition coefficient (Wildman–Crippen LogP) is 2.07. The van der Waals surface area contributed by atoms with Gasteiger partial charge in [0.2, 0.25) is 0 Å². The zero-order valence-corrected chi connectivity index (χ0v) is 11.1. The number of nitrogens with one attached hydrogen (secondary N) is 1. The Labute approximate surface area is 108 Å². The second kappa shape index (κ2) is 6.09. The van der Waals surface area contributed by atoms with E-state index in [1.807, 2.05) is 6.92 Å². The summed E-state index contributed by atoms with van der Waals surface area (Å²) in [6.07, 6.45) is 4.11. The minimum absolute atomic E-state index is 0.294. The van der Waals surface area contributed by atoms with E-state index in [1.165, 1.54) is 6.33 Å². The van der Waals surface area contributed by atoms with Crippen LogP contribution in [0, 0.1) is 5.82 Å². The Hall–Kier alpha value is -1.23. The molecular weight excluding hydrogens is 231 g/mol. The van der Waals surface area contributed by atoms with Gasteiger partial charge in [-0.1, -0.05) is 13.8 Å². The number of halogens is 1. The van der Waals surface area contributed by atoms with Gasteiger partial charge in [-0.05, 0) is 25.8 Å². The lowest BCUT2D eigenvalue weighted by Gasteiger charge is -2.31. The molecule has 100 valence electrons. The van der Waals surface area contributed by atoms with E-state index < -0.39 is 0 Å². The highest BCUT2D eigenvalue weighted by Gasteiger charge is 2.20. The first kappa shape index (κ1) is 13.2. The fourth-order valence-electron chi connectivity index (χ4n) is 2.34. The van der Waals surface area contributed by atoms with Gasteiger partial charge in [-0.2, -0.15) is 0 Å². The topological polar surface area (TPSA) is 41.1 Å². The van der Waals surface area contributed by atoms with E-state index in [1.54, 1.807) is 0 Å². The molecule has 5 heteroatoms. The fourth-order valence-corrected chi connectivity index (χ4v) is 2.34. The number of aryl methyl sites for hydroxylation is 1. The molecule has 4 nitrogen and oxygen atoms in total. The van der Waals surface area contributed by atoms with E-state index in [9.17, 15) is 4.39 Å². The third-order valence-corrected chi connectivity index (χ3v) is 3.57. The van der Waals surface area contributed by atoms with Crippen molar-refractivity contribution < 1.29 is 4.39 Å². The summed E-state index contributed by atoms with van der Waals surface area (Å²) in [5.74, 6) is 0.0646. The summed E-state index contributed by atoms with van der Waals surface area (Å²) in [6.45, 7) is 7.30. The molecule has 1 aromatic rings. The van der Waals surface area contributed by atoms with Gasteiger partial charge in [0.25, 0.3) is 0 Å². The molecule has 0 spiro atoms. The first-order valence-electron chi connectivity index (χ1n) is 6.72. The Kier molecular flexibility index (Phi) is 4.47. The third kappa shape index (κ3) is 2.96. The van der Waals surface area contributed by atoms with Crippen LogP contribution in [0.5, 0.6) is 0 Å². The maximum atomic E-state index is 14.0. The third-order valence-electron chi connectivity index (χ3n) is 3.57. The molecule has 1 saturated heterocycles. The van der Waals surface area contributed by atoms with E-state index in [0.717, 1.165) is 32.5 Å². The van der Waals surface area contributed by atoms with Crippen LogP contribution in [0.1, 0.15) is 32.4 Å². The Bertz CT molecular complexity index is 389. The summed E-state index contributed by atoms with van der Waals surface area (Å²) in [4.78, 5) is 10.4. The minimum atomic E-state index is -0.294. The van der Waals surface area contributed by atoms with Gasteiger partial charge in [0.05, 0.1) is 5.69 Å². The zero-order valence-electron chi connectivity index (χ0n) is 11.1. The van der Waals surface area contributed by atoms with Gasteiger partial charge in [-0.15, -0.1) is 0 Å². The fraction of sp³-hybridized carbons (Fsp3) is 0.692. The van der Waals surface area contributed by atoms with Gasteiger partial charge < -0.3 is 10.2 Å². The molecule has 1 aromatic heterocycles. The Morgan fingerprint density at radius 1 is 1.33 bits per heavy atom. The first-order valence-corrected chi connectivity index (χ1v) is 6.72. The van der Waals surface area contributed by atoms with E-state index in [2.05, 4.69) is 27.1 Å². The van der Waals surface area contributed by atoms with Crippen molar-refractivity contribution in [1.82, 2.24) is 14.9 Å². The van der Waals surface area contributed by atoms with Crippen LogP contribution in [0.25, 0.3) is 0 Å². The van der Waals surface area contributed by atoms with Crippen molar-refractivity contribution in [3.63, 3.8) is 0 Å². The second-order valence-electron chi connectivity index (χ2n) is 4.69.